The fourth-order valence-corrected chi connectivity index (χ4v) is 3.48. The third-order valence-corrected chi connectivity index (χ3v) is 4.64. The lowest BCUT2D eigenvalue weighted by molar-refractivity contribution is -0.146. The van der Waals surface area contributed by atoms with Crippen LogP contribution in [0.1, 0.15) is 53.9 Å². The first-order chi connectivity index (χ1) is 10.7. The standard InChI is InChI=1S/C17H31NO4S/c1-13(2)21-15(19)8-11-23-12-14-6-9-18(10-7-14)16(20)22-17(3,4)5/h13-14H,6-12H2,1-5H3. The molecule has 0 aromatic rings. The zero-order chi connectivity index (χ0) is 17.5. The molecule has 0 spiro atoms. The van der Waals surface area contributed by atoms with Crippen molar-refractivity contribution in [1.82, 2.24) is 4.90 Å². The fourth-order valence-electron chi connectivity index (χ4n) is 2.34. The number of nitrogens with zero attached hydrogens (tertiary/aromatic N) is 1. The Hall–Kier alpha value is -0.910. The Morgan fingerprint density at radius 2 is 1.83 bits per heavy atom. The maximum atomic E-state index is 12.0. The van der Waals surface area contributed by atoms with Gasteiger partial charge < -0.3 is 14.4 Å². The lowest BCUT2D eigenvalue weighted by Crippen LogP contribution is -2.42. The molecule has 0 saturated carbocycles. The average Bonchev–Trinajstić information content (AvgIpc) is 2.41. The number of piperidine rings is 1. The van der Waals surface area contributed by atoms with Gasteiger partial charge in [-0.05, 0) is 59.1 Å². The molecule has 1 aliphatic rings. The Labute approximate surface area is 144 Å². The second kappa shape index (κ2) is 9.40. The van der Waals surface area contributed by atoms with Crippen LogP contribution in [-0.2, 0) is 14.3 Å². The van der Waals surface area contributed by atoms with Gasteiger partial charge in [0.1, 0.15) is 5.60 Å². The molecule has 23 heavy (non-hydrogen) atoms. The zero-order valence-electron chi connectivity index (χ0n) is 15.1. The molecule has 0 atom stereocenters. The molecular formula is C17H31NO4S. The van der Waals surface area contributed by atoms with E-state index in [-0.39, 0.29) is 18.2 Å². The van der Waals surface area contributed by atoms with Gasteiger partial charge in [-0.2, -0.15) is 11.8 Å². The van der Waals surface area contributed by atoms with Crippen LogP contribution in [0.25, 0.3) is 0 Å². The Morgan fingerprint density at radius 1 is 1.22 bits per heavy atom. The largest absolute Gasteiger partial charge is 0.463 e. The van der Waals surface area contributed by atoms with Crippen molar-refractivity contribution in [2.75, 3.05) is 24.6 Å². The highest BCUT2D eigenvalue weighted by molar-refractivity contribution is 7.99. The molecule has 5 nitrogen and oxygen atoms in total. The number of hydrogen-bond acceptors (Lipinski definition) is 5. The molecule has 1 rings (SSSR count). The molecule has 0 bridgehead atoms. The number of likely N-dealkylation sites (tertiary alicyclic amines) is 1. The van der Waals surface area contributed by atoms with Crippen LogP contribution in [0, 0.1) is 5.92 Å². The van der Waals surface area contributed by atoms with Crippen molar-refractivity contribution in [2.24, 2.45) is 5.92 Å². The Bertz CT molecular complexity index is 385. The van der Waals surface area contributed by atoms with Gasteiger partial charge in [0, 0.05) is 18.8 Å². The predicted octanol–water partition coefficient (Wildman–Crippen LogP) is 3.71. The van der Waals surface area contributed by atoms with Crippen molar-refractivity contribution in [3.63, 3.8) is 0 Å². The molecule has 1 heterocycles. The van der Waals surface area contributed by atoms with E-state index in [4.69, 9.17) is 9.47 Å². The van der Waals surface area contributed by atoms with Gasteiger partial charge in [-0.15, -0.1) is 0 Å². The molecule has 6 heteroatoms. The predicted molar refractivity (Wildman–Crippen MR) is 93.7 cm³/mol. The van der Waals surface area contributed by atoms with E-state index in [2.05, 4.69) is 0 Å². The zero-order valence-corrected chi connectivity index (χ0v) is 15.9. The minimum Gasteiger partial charge on any atom is -0.463 e. The summed E-state index contributed by atoms with van der Waals surface area (Å²) in [5.74, 6) is 2.33. The van der Waals surface area contributed by atoms with E-state index in [1.54, 1.807) is 16.7 Å². The minimum absolute atomic E-state index is 0.0373. The summed E-state index contributed by atoms with van der Waals surface area (Å²) in [7, 11) is 0. The molecule has 1 fully saturated rings. The number of amides is 1. The van der Waals surface area contributed by atoms with Crippen molar-refractivity contribution in [3.05, 3.63) is 0 Å². The van der Waals surface area contributed by atoms with Crippen LogP contribution in [0.15, 0.2) is 0 Å². The molecule has 1 saturated heterocycles. The normalized spacial score (nSPS) is 16.5. The summed E-state index contributed by atoms with van der Waals surface area (Å²) in [6, 6.07) is 0. The Balaban J connectivity index is 2.15. The van der Waals surface area contributed by atoms with Gasteiger partial charge >= 0.3 is 12.1 Å². The van der Waals surface area contributed by atoms with Crippen LogP contribution in [0.4, 0.5) is 4.79 Å². The molecule has 0 aromatic heterocycles. The second-order valence-corrected chi connectivity index (χ2v) is 8.42. The molecule has 0 radical (unpaired) electrons. The summed E-state index contributed by atoms with van der Waals surface area (Å²) in [4.78, 5) is 25.2. The fraction of sp³-hybridized carbons (Fsp3) is 0.882. The first kappa shape index (κ1) is 20.1. The van der Waals surface area contributed by atoms with Crippen LogP contribution in [0.3, 0.4) is 0 Å². The average molecular weight is 346 g/mol. The monoisotopic (exact) mass is 345 g/mol. The lowest BCUT2D eigenvalue weighted by Gasteiger charge is -2.33. The topological polar surface area (TPSA) is 55.8 Å². The first-order valence-electron chi connectivity index (χ1n) is 8.42. The Kier molecular flexibility index (Phi) is 8.23. The molecule has 0 aliphatic carbocycles. The summed E-state index contributed by atoms with van der Waals surface area (Å²) >= 11 is 1.80. The van der Waals surface area contributed by atoms with Crippen LogP contribution < -0.4 is 0 Å². The summed E-state index contributed by atoms with van der Waals surface area (Å²) in [5.41, 5.74) is -0.436. The number of carbonyl (C=O) groups is 2. The smallest absolute Gasteiger partial charge is 0.410 e. The van der Waals surface area contributed by atoms with Gasteiger partial charge in [0.05, 0.1) is 12.5 Å². The molecule has 1 amide bonds. The number of carbonyl (C=O) groups excluding carboxylic acids is 2. The van der Waals surface area contributed by atoms with E-state index in [1.165, 1.54) is 0 Å². The summed E-state index contributed by atoms with van der Waals surface area (Å²) in [6.07, 6.45) is 2.23. The molecule has 134 valence electrons. The van der Waals surface area contributed by atoms with Crippen molar-refractivity contribution < 1.29 is 19.1 Å². The highest BCUT2D eigenvalue weighted by atomic mass is 32.2. The maximum absolute atomic E-state index is 12.0. The van der Waals surface area contributed by atoms with Crippen molar-refractivity contribution in [3.8, 4) is 0 Å². The van der Waals surface area contributed by atoms with Crippen LogP contribution in [-0.4, -0.2) is 53.3 Å². The van der Waals surface area contributed by atoms with Crippen LogP contribution >= 0.6 is 11.8 Å². The van der Waals surface area contributed by atoms with Crippen molar-refractivity contribution >= 4 is 23.8 Å². The highest BCUT2D eigenvalue weighted by Crippen LogP contribution is 2.23. The Morgan fingerprint density at radius 3 is 2.35 bits per heavy atom. The SMILES string of the molecule is CC(C)OC(=O)CCSCC1CCN(C(=O)OC(C)(C)C)CC1. The molecule has 0 N–H and O–H groups in total. The quantitative estimate of drug-likeness (QED) is 0.542. The van der Waals surface area contributed by atoms with E-state index in [0.717, 1.165) is 37.4 Å². The van der Waals surface area contributed by atoms with Gasteiger partial charge in [0.25, 0.3) is 0 Å². The van der Waals surface area contributed by atoms with E-state index < -0.39 is 5.60 Å². The third-order valence-electron chi connectivity index (χ3n) is 3.44. The van der Waals surface area contributed by atoms with Crippen LogP contribution in [0.2, 0.25) is 0 Å². The third kappa shape index (κ3) is 9.08. The van der Waals surface area contributed by atoms with E-state index >= 15 is 0 Å². The van der Waals surface area contributed by atoms with Gasteiger partial charge in [-0.1, -0.05) is 0 Å². The van der Waals surface area contributed by atoms with E-state index in [1.807, 2.05) is 34.6 Å². The summed E-state index contributed by atoms with van der Waals surface area (Å²) < 4.78 is 10.5. The van der Waals surface area contributed by atoms with Crippen molar-refractivity contribution in [1.29, 1.82) is 0 Å². The molecule has 0 unspecified atom stereocenters. The number of thioether (sulfide) groups is 1. The number of hydrogen-bond donors (Lipinski definition) is 0. The second-order valence-electron chi connectivity index (χ2n) is 7.27. The first-order valence-corrected chi connectivity index (χ1v) is 9.58. The van der Waals surface area contributed by atoms with Gasteiger partial charge in [-0.25, -0.2) is 4.79 Å². The highest BCUT2D eigenvalue weighted by Gasteiger charge is 2.26. The molecule has 0 aromatic carbocycles. The maximum Gasteiger partial charge on any atom is 0.410 e. The van der Waals surface area contributed by atoms with Crippen LogP contribution in [0.5, 0.6) is 0 Å². The summed E-state index contributed by atoms with van der Waals surface area (Å²) in [6.45, 7) is 10.9. The lowest BCUT2D eigenvalue weighted by atomic mass is 9.99. The number of ether oxygens (including phenoxy) is 2. The number of esters is 1. The van der Waals surface area contributed by atoms with E-state index in [0.29, 0.717) is 12.3 Å². The molecular weight excluding hydrogens is 314 g/mol. The molecule has 1 aliphatic heterocycles. The van der Waals surface area contributed by atoms with Gasteiger partial charge in [-0.3, -0.25) is 4.79 Å². The summed E-state index contributed by atoms with van der Waals surface area (Å²) in [5, 5.41) is 0. The van der Waals surface area contributed by atoms with Gasteiger partial charge in [0.2, 0.25) is 0 Å². The number of rotatable bonds is 6. The minimum atomic E-state index is -0.436. The van der Waals surface area contributed by atoms with Gasteiger partial charge in [0.15, 0.2) is 0 Å². The van der Waals surface area contributed by atoms with E-state index in [9.17, 15) is 9.59 Å². The van der Waals surface area contributed by atoms with Crippen molar-refractivity contribution in [2.45, 2.75) is 65.6 Å².